The molecule has 0 amide bonds. The van der Waals surface area contributed by atoms with E-state index >= 15 is 0 Å². The molecule has 124 valence electrons. The van der Waals surface area contributed by atoms with Gasteiger partial charge in [-0.2, -0.15) is 11.8 Å². The molecule has 0 aliphatic carbocycles. The zero-order valence-corrected chi connectivity index (χ0v) is 16.6. The predicted molar refractivity (Wildman–Crippen MR) is 105 cm³/mol. The molecule has 0 aromatic rings. The minimum Gasteiger partial charge on any atom is -0.370 e. The molecular formula is C15H31IN4S. The summed E-state index contributed by atoms with van der Waals surface area (Å²) in [6, 6.07) is 0. The van der Waals surface area contributed by atoms with E-state index in [9.17, 15) is 0 Å². The SMILES string of the molecule is CC(C)CN1CCCC(CN=C(N)N2CCSCC2)C1.I. The number of rotatable bonds is 4. The van der Waals surface area contributed by atoms with Gasteiger partial charge in [-0.1, -0.05) is 13.8 Å². The van der Waals surface area contributed by atoms with Gasteiger partial charge < -0.3 is 15.5 Å². The summed E-state index contributed by atoms with van der Waals surface area (Å²) in [5.41, 5.74) is 6.13. The van der Waals surface area contributed by atoms with Gasteiger partial charge >= 0.3 is 0 Å². The van der Waals surface area contributed by atoms with Gasteiger partial charge in [0.2, 0.25) is 0 Å². The van der Waals surface area contributed by atoms with Crippen LogP contribution in [0.15, 0.2) is 4.99 Å². The quantitative estimate of drug-likeness (QED) is 0.426. The maximum absolute atomic E-state index is 6.13. The number of nitrogens with two attached hydrogens (primary N) is 1. The Morgan fingerprint density at radius 1 is 1.29 bits per heavy atom. The van der Waals surface area contributed by atoms with Crippen LogP contribution in [-0.2, 0) is 0 Å². The summed E-state index contributed by atoms with van der Waals surface area (Å²) in [7, 11) is 0. The average Bonchev–Trinajstić information content (AvgIpc) is 2.45. The van der Waals surface area contributed by atoms with E-state index < -0.39 is 0 Å². The third-order valence-electron chi connectivity index (χ3n) is 4.07. The second kappa shape index (κ2) is 10.2. The fourth-order valence-electron chi connectivity index (χ4n) is 3.10. The van der Waals surface area contributed by atoms with Gasteiger partial charge in [-0.05, 0) is 31.2 Å². The zero-order valence-electron chi connectivity index (χ0n) is 13.5. The number of hydrogen-bond donors (Lipinski definition) is 1. The van der Waals surface area contributed by atoms with Gasteiger partial charge in [0.15, 0.2) is 5.96 Å². The van der Waals surface area contributed by atoms with Gasteiger partial charge in [0, 0.05) is 44.2 Å². The molecule has 0 saturated carbocycles. The van der Waals surface area contributed by atoms with Crippen LogP contribution in [-0.4, -0.2) is 66.5 Å². The van der Waals surface area contributed by atoms with Gasteiger partial charge in [0.25, 0.3) is 0 Å². The summed E-state index contributed by atoms with van der Waals surface area (Å²) in [6.07, 6.45) is 2.62. The molecule has 2 aliphatic rings. The molecule has 2 heterocycles. The number of aliphatic imine (C=N–C) groups is 1. The number of halogens is 1. The highest BCUT2D eigenvalue weighted by Gasteiger charge is 2.20. The van der Waals surface area contributed by atoms with Crippen LogP contribution in [0.5, 0.6) is 0 Å². The minimum absolute atomic E-state index is 0. The van der Waals surface area contributed by atoms with Crippen molar-refractivity contribution in [1.29, 1.82) is 0 Å². The lowest BCUT2D eigenvalue weighted by atomic mass is 9.97. The van der Waals surface area contributed by atoms with Crippen molar-refractivity contribution in [2.45, 2.75) is 26.7 Å². The Bertz CT molecular complexity index is 319. The van der Waals surface area contributed by atoms with Crippen LogP contribution in [0.4, 0.5) is 0 Å². The summed E-state index contributed by atoms with van der Waals surface area (Å²) in [4.78, 5) is 9.51. The lowest BCUT2D eigenvalue weighted by Crippen LogP contribution is -2.43. The number of likely N-dealkylation sites (tertiary alicyclic amines) is 1. The molecule has 0 bridgehead atoms. The van der Waals surface area contributed by atoms with E-state index in [1.54, 1.807) is 0 Å². The minimum atomic E-state index is 0. The lowest BCUT2D eigenvalue weighted by molar-refractivity contribution is 0.162. The van der Waals surface area contributed by atoms with Gasteiger partial charge in [0.1, 0.15) is 0 Å². The molecule has 2 saturated heterocycles. The highest BCUT2D eigenvalue weighted by Crippen LogP contribution is 2.18. The smallest absolute Gasteiger partial charge is 0.191 e. The Balaban J connectivity index is 0.00000220. The van der Waals surface area contributed by atoms with Crippen LogP contribution >= 0.6 is 35.7 Å². The molecule has 21 heavy (non-hydrogen) atoms. The molecule has 2 N–H and O–H groups in total. The van der Waals surface area contributed by atoms with Crippen LogP contribution in [0, 0.1) is 11.8 Å². The van der Waals surface area contributed by atoms with Crippen molar-refractivity contribution in [1.82, 2.24) is 9.80 Å². The molecule has 0 radical (unpaired) electrons. The number of nitrogens with zero attached hydrogens (tertiary/aromatic N) is 3. The molecular weight excluding hydrogens is 395 g/mol. The Hall–Kier alpha value is 0.310. The van der Waals surface area contributed by atoms with E-state index in [-0.39, 0.29) is 24.0 Å². The maximum atomic E-state index is 6.13. The summed E-state index contributed by atoms with van der Waals surface area (Å²) in [5.74, 6) is 4.59. The molecule has 2 aliphatic heterocycles. The summed E-state index contributed by atoms with van der Waals surface area (Å²) >= 11 is 2.01. The van der Waals surface area contributed by atoms with E-state index in [1.807, 2.05) is 11.8 Å². The van der Waals surface area contributed by atoms with Gasteiger partial charge in [-0.3, -0.25) is 4.99 Å². The average molecular weight is 426 g/mol. The first-order valence-electron chi connectivity index (χ1n) is 8.00. The van der Waals surface area contributed by atoms with Crippen molar-refractivity contribution in [3.8, 4) is 0 Å². The molecule has 1 unspecified atom stereocenters. The van der Waals surface area contributed by atoms with Crippen molar-refractivity contribution in [2.75, 3.05) is 50.8 Å². The monoisotopic (exact) mass is 426 g/mol. The van der Waals surface area contributed by atoms with Crippen molar-refractivity contribution < 1.29 is 0 Å². The molecule has 0 spiro atoms. The van der Waals surface area contributed by atoms with E-state index in [1.165, 1.54) is 44.0 Å². The largest absolute Gasteiger partial charge is 0.370 e. The van der Waals surface area contributed by atoms with Gasteiger partial charge in [0.05, 0.1) is 0 Å². The standard InChI is InChI=1S/C15H30N4S.HI/c1-13(2)11-18-5-3-4-14(12-18)10-17-15(16)19-6-8-20-9-7-19;/h13-14H,3-12H2,1-2H3,(H2,16,17);1H. The molecule has 1 atom stereocenters. The lowest BCUT2D eigenvalue weighted by Gasteiger charge is -2.33. The Kier molecular flexibility index (Phi) is 9.36. The van der Waals surface area contributed by atoms with Gasteiger partial charge in [-0.15, -0.1) is 24.0 Å². The predicted octanol–water partition coefficient (Wildman–Crippen LogP) is 2.34. The highest BCUT2D eigenvalue weighted by atomic mass is 127. The molecule has 0 aromatic heterocycles. The van der Waals surface area contributed by atoms with Crippen molar-refractivity contribution in [2.24, 2.45) is 22.6 Å². The van der Waals surface area contributed by atoms with E-state index in [0.29, 0.717) is 5.92 Å². The first-order valence-corrected chi connectivity index (χ1v) is 9.15. The van der Waals surface area contributed by atoms with Crippen LogP contribution in [0.3, 0.4) is 0 Å². The Labute approximate surface area is 151 Å². The number of thioether (sulfide) groups is 1. The van der Waals surface area contributed by atoms with Crippen molar-refractivity contribution >= 4 is 41.7 Å². The Morgan fingerprint density at radius 3 is 2.67 bits per heavy atom. The molecule has 4 nitrogen and oxygen atoms in total. The number of piperidine rings is 1. The normalized spacial score (nSPS) is 25.0. The summed E-state index contributed by atoms with van der Waals surface area (Å²) < 4.78 is 0. The van der Waals surface area contributed by atoms with Crippen LogP contribution < -0.4 is 5.73 Å². The van der Waals surface area contributed by atoms with Crippen LogP contribution in [0.1, 0.15) is 26.7 Å². The third-order valence-corrected chi connectivity index (χ3v) is 5.02. The summed E-state index contributed by atoms with van der Waals surface area (Å²) in [6.45, 7) is 11.3. The Morgan fingerprint density at radius 2 is 2.00 bits per heavy atom. The van der Waals surface area contributed by atoms with Crippen molar-refractivity contribution in [3.05, 3.63) is 0 Å². The second-order valence-corrected chi connectivity index (χ2v) is 7.68. The van der Waals surface area contributed by atoms with Crippen LogP contribution in [0.25, 0.3) is 0 Å². The third kappa shape index (κ3) is 6.95. The van der Waals surface area contributed by atoms with E-state index in [4.69, 9.17) is 5.73 Å². The molecule has 2 rings (SSSR count). The van der Waals surface area contributed by atoms with Crippen LogP contribution in [0.2, 0.25) is 0 Å². The highest BCUT2D eigenvalue weighted by molar-refractivity contribution is 14.0. The topological polar surface area (TPSA) is 44.9 Å². The second-order valence-electron chi connectivity index (χ2n) is 6.46. The first kappa shape index (κ1) is 19.4. The van der Waals surface area contributed by atoms with Crippen molar-refractivity contribution in [3.63, 3.8) is 0 Å². The van der Waals surface area contributed by atoms with Gasteiger partial charge in [-0.25, -0.2) is 0 Å². The van der Waals surface area contributed by atoms with E-state index in [2.05, 4.69) is 28.6 Å². The molecule has 0 aromatic carbocycles. The fraction of sp³-hybridized carbons (Fsp3) is 0.933. The number of hydrogen-bond acceptors (Lipinski definition) is 3. The van der Waals surface area contributed by atoms with E-state index in [0.717, 1.165) is 31.5 Å². The summed E-state index contributed by atoms with van der Waals surface area (Å²) in [5, 5.41) is 0. The zero-order chi connectivity index (χ0) is 14.4. The number of guanidine groups is 1. The fourth-order valence-corrected chi connectivity index (χ4v) is 4.00. The maximum Gasteiger partial charge on any atom is 0.191 e. The first-order chi connectivity index (χ1) is 9.65. The molecule has 6 heteroatoms. The molecule has 2 fully saturated rings.